The molecule has 11 nitrogen and oxygen atoms in total. The van der Waals surface area contributed by atoms with Gasteiger partial charge in [0, 0.05) is 23.3 Å². The van der Waals surface area contributed by atoms with E-state index < -0.39 is 29.7 Å². The van der Waals surface area contributed by atoms with Crippen molar-refractivity contribution in [1.29, 1.82) is 0 Å². The molecule has 1 aliphatic rings. The average molecular weight is 693 g/mol. The predicted molar refractivity (Wildman–Crippen MR) is 183 cm³/mol. The summed E-state index contributed by atoms with van der Waals surface area (Å²) in [6, 6.07) is 11.9. The Kier molecular flexibility index (Phi) is 11.2. The first kappa shape index (κ1) is 35.3. The van der Waals surface area contributed by atoms with E-state index in [-0.39, 0.29) is 28.5 Å². The molecule has 13 heteroatoms. The van der Waals surface area contributed by atoms with Crippen LogP contribution in [0, 0.1) is 17.7 Å². The lowest BCUT2D eigenvalue weighted by atomic mass is 9.82. The lowest BCUT2D eigenvalue weighted by molar-refractivity contribution is -0.161. The molecule has 2 amide bonds. The average Bonchev–Trinajstić information content (AvgIpc) is 3.05. The minimum Gasteiger partial charge on any atom is -0.493 e. The molecule has 2 N–H and O–H groups in total. The Balaban J connectivity index is 1.19. The van der Waals surface area contributed by atoms with E-state index in [2.05, 4.69) is 20.6 Å². The number of anilines is 2. The molecule has 0 atom stereocenters. The summed E-state index contributed by atoms with van der Waals surface area (Å²) in [4.78, 5) is 45.8. The van der Waals surface area contributed by atoms with Gasteiger partial charge in [0.05, 0.1) is 37.0 Å². The minimum atomic E-state index is -0.593. The van der Waals surface area contributed by atoms with E-state index in [1.807, 2.05) is 20.8 Å². The number of pyridine rings is 2. The topological polar surface area (TPSA) is 138 Å². The second-order valence-electron chi connectivity index (χ2n) is 12.8. The number of nitrogens with zero attached hydrogens (tertiary/aromatic N) is 2. The van der Waals surface area contributed by atoms with Gasteiger partial charge in [-0.3, -0.25) is 19.4 Å². The number of ether oxygens (including phenoxy) is 4. The second-order valence-corrected chi connectivity index (χ2v) is 13.2. The number of benzene rings is 2. The van der Waals surface area contributed by atoms with Gasteiger partial charge in [0.15, 0.2) is 11.5 Å². The van der Waals surface area contributed by atoms with Crippen LogP contribution in [0.1, 0.15) is 52.9 Å². The van der Waals surface area contributed by atoms with E-state index in [1.165, 1.54) is 36.5 Å². The van der Waals surface area contributed by atoms with Crippen molar-refractivity contribution in [2.24, 2.45) is 11.8 Å². The van der Waals surface area contributed by atoms with Crippen LogP contribution in [0.25, 0.3) is 10.9 Å². The molecule has 0 bridgehead atoms. The van der Waals surface area contributed by atoms with Crippen LogP contribution in [-0.4, -0.2) is 47.1 Å². The van der Waals surface area contributed by atoms with Crippen LogP contribution in [0.15, 0.2) is 60.9 Å². The molecular weight excluding hydrogens is 655 g/mol. The number of hydrogen-bond donors (Lipinski definition) is 2. The highest BCUT2D eigenvalue weighted by molar-refractivity contribution is 6.32. The highest BCUT2D eigenvalue weighted by Gasteiger charge is 2.30. The lowest BCUT2D eigenvalue weighted by Gasteiger charge is -2.29. The molecule has 258 valence electrons. The fraction of sp³-hybridized carbons (Fsp3) is 0.361. The summed E-state index contributed by atoms with van der Waals surface area (Å²) in [6.45, 7) is 6.11. The lowest BCUT2D eigenvalue weighted by Crippen LogP contribution is -2.31. The van der Waals surface area contributed by atoms with Gasteiger partial charge in [-0.2, -0.15) is 0 Å². The van der Waals surface area contributed by atoms with Gasteiger partial charge in [-0.05, 0) is 94.8 Å². The molecule has 0 unspecified atom stereocenters. The second kappa shape index (κ2) is 15.5. The predicted octanol–water partition coefficient (Wildman–Crippen LogP) is 7.72. The van der Waals surface area contributed by atoms with Crippen molar-refractivity contribution in [3.8, 4) is 23.1 Å². The molecule has 1 fully saturated rings. The van der Waals surface area contributed by atoms with Crippen LogP contribution in [0.4, 0.5) is 15.8 Å². The molecule has 4 aromatic rings. The van der Waals surface area contributed by atoms with E-state index >= 15 is 0 Å². The number of carbonyl (C=O) groups is 3. The van der Waals surface area contributed by atoms with Gasteiger partial charge in [-0.15, -0.1) is 0 Å². The van der Waals surface area contributed by atoms with E-state index in [9.17, 15) is 18.8 Å². The van der Waals surface area contributed by atoms with Crippen molar-refractivity contribution < 1.29 is 37.7 Å². The summed E-state index contributed by atoms with van der Waals surface area (Å²) in [5, 5.41) is 5.85. The SMILES string of the molecule is COc1cc2c(Oc3ncc(NC(=O)CC(=O)Nc4ccc(F)cc4)cc3Cl)ccnc2cc1OCC1CCC(C(=O)OC(C)(C)C)CC1. The number of halogens is 2. The van der Waals surface area contributed by atoms with Crippen LogP contribution >= 0.6 is 11.6 Å². The molecule has 0 spiro atoms. The standard InChI is InChI=1S/C36H38ClFN4O7/c1-36(2,3)49-35(45)22-7-5-21(6-8-22)20-47-31-17-28-26(16-30(31)46-4)29(13-14-39-28)48-34-27(37)15-25(19-40-34)42-33(44)18-32(43)41-24-11-9-23(38)10-12-24/h9-17,19,21-22H,5-8,18,20H2,1-4H3,(H,41,43)(H,42,44). The molecule has 2 aromatic carbocycles. The Hall–Kier alpha value is -4.97. The number of amides is 2. The largest absolute Gasteiger partial charge is 0.493 e. The Bertz CT molecular complexity index is 1820. The maximum atomic E-state index is 13.1. The van der Waals surface area contributed by atoms with Crippen molar-refractivity contribution in [2.75, 3.05) is 24.4 Å². The fourth-order valence-corrected chi connectivity index (χ4v) is 5.61. The zero-order chi connectivity index (χ0) is 35.1. The summed E-state index contributed by atoms with van der Waals surface area (Å²) in [7, 11) is 1.55. The summed E-state index contributed by atoms with van der Waals surface area (Å²) in [5.41, 5.74) is 0.733. The Morgan fingerprint density at radius 2 is 1.59 bits per heavy atom. The molecule has 49 heavy (non-hydrogen) atoms. The molecule has 5 rings (SSSR count). The smallest absolute Gasteiger partial charge is 0.309 e. The number of hydrogen-bond acceptors (Lipinski definition) is 9. The molecule has 1 aliphatic carbocycles. The third kappa shape index (κ3) is 9.79. The Morgan fingerprint density at radius 1 is 0.898 bits per heavy atom. The van der Waals surface area contributed by atoms with Crippen LogP contribution in [0.2, 0.25) is 5.02 Å². The Labute approximate surface area is 288 Å². The normalized spacial score (nSPS) is 16.0. The summed E-state index contributed by atoms with van der Waals surface area (Å²) >= 11 is 6.46. The highest BCUT2D eigenvalue weighted by Crippen LogP contribution is 2.39. The zero-order valence-electron chi connectivity index (χ0n) is 27.7. The van der Waals surface area contributed by atoms with Gasteiger partial charge in [-0.1, -0.05) is 11.6 Å². The van der Waals surface area contributed by atoms with E-state index in [1.54, 1.807) is 31.5 Å². The molecule has 2 heterocycles. The number of fused-ring (bicyclic) bond motifs is 1. The van der Waals surface area contributed by atoms with Crippen molar-refractivity contribution in [3.63, 3.8) is 0 Å². The number of nitrogens with one attached hydrogen (secondary N) is 2. The third-order valence-electron chi connectivity index (χ3n) is 7.80. The maximum absolute atomic E-state index is 13.1. The number of rotatable bonds is 11. The Morgan fingerprint density at radius 3 is 2.24 bits per heavy atom. The molecule has 0 saturated heterocycles. The molecule has 0 aliphatic heterocycles. The maximum Gasteiger partial charge on any atom is 0.309 e. The van der Waals surface area contributed by atoms with Crippen LogP contribution in [0.3, 0.4) is 0 Å². The minimum absolute atomic E-state index is 0.0837. The first-order valence-electron chi connectivity index (χ1n) is 15.9. The number of aromatic nitrogens is 2. The van der Waals surface area contributed by atoms with Gasteiger partial charge in [0.25, 0.3) is 0 Å². The zero-order valence-corrected chi connectivity index (χ0v) is 28.4. The van der Waals surface area contributed by atoms with Gasteiger partial charge < -0.3 is 29.6 Å². The summed E-state index contributed by atoms with van der Waals surface area (Å²) in [6.07, 6.45) is 5.72. The number of carbonyl (C=O) groups excluding carboxylic acids is 3. The molecule has 1 saturated carbocycles. The van der Waals surface area contributed by atoms with Gasteiger partial charge in [0.2, 0.25) is 17.7 Å². The van der Waals surface area contributed by atoms with Gasteiger partial charge >= 0.3 is 5.97 Å². The van der Waals surface area contributed by atoms with Gasteiger partial charge in [-0.25, -0.2) is 9.37 Å². The number of methoxy groups -OCH3 is 1. The quantitative estimate of drug-likeness (QED) is 0.120. The monoisotopic (exact) mass is 692 g/mol. The van der Waals surface area contributed by atoms with Crippen molar-refractivity contribution in [1.82, 2.24) is 9.97 Å². The van der Waals surface area contributed by atoms with Crippen LogP contribution < -0.4 is 24.8 Å². The van der Waals surface area contributed by atoms with Crippen molar-refractivity contribution >= 4 is 51.7 Å². The third-order valence-corrected chi connectivity index (χ3v) is 8.07. The fourth-order valence-electron chi connectivity index (χ4n) is 5.41. The van der Waals surface area contributed by atoms with Crippen molar-refractivity contribution in [2.45, 2.75) is 58.5 Å². The van der Waals surface area contributed by atoms with E-state index in [0.29, 0.717) is 46.4 Å². The molecule has 0 radical (unpaired) electrons. The highest BCUT2D eigenvalue weighted by atomic mass is 35.5. The van der Waals surface area contributed by atoms with E-state index in [0.717, 1.165) is 25.7 Å². The van der Waals surface area contributed by atoms with Crippen LogP contribution in [-0.2, 0) is 19.1 Å². The van der Waals surface area contributed by atoms with Gasteiger partial charge in [0.1, 0.15) is 28.6 Å². The first-order chi connectivity index (χ1) is 23.4. The summed E-state index contributed by atoms with van der Waals surface area (Å²) < 4.78 is 36.5. The van der Waals surface area contributed by atoms with Crippen molar-refractivity contribution in [3.05, 3.63) is 71.8 Å². The number of esters is 1. The molecule has 2 aromatic heterocycles. The van der Waals surface area contributed by atoms with E-state index in [4.69, 9.17) is 30.5 Å². The first-order valence-corrected chi connectivity index (χ1v) is 16.3. The summed E-state index contributed by atoms with van der Waals surface area (Å²) in [5.74, 6) is 0.0106. The molecular formula is C36H38ClFN4O7. The van der Waals surface area contributed by atoms with Crippen LogP contribution in [0.5, 0.6) is 23.1 Å².